The topological polar surface area (TPSA) is 43.4 Å². The molecule has 2 unspecified atom stereocenters. The Labute approximate surface area is 109 Å². The van der Waals surface area contributed by atoms with Crippen molar-refractivity contribution < 1.29 is 14.3 Å². The normalized spacial score (nSPS) is 27.2. The van der Waals surface area contributed by atoms with Gasteiger partial charge in [-0.1, -0.05) is 41.9 Å². The van der Waals surface area contributed by atoms with E-state index in [2.05, 4.69) is 4.74 Å². The minimum atomic E-state index is -0.435. The number of benzene rings is 1. The van der Waals surface area contributed by atoms with Gasteiger partial charge >= 0.3 is 11.9 Å². The van der Waals surface area contributed by atoms with Gasteiger partial charge in [0, 0.05) is 5.03 Å². The van der Waals surface area contributed by atoms with Crippen LogP contribution in [0.15, 0.2) is 35.4 Å². The molecule has 1 saturated heterocycles. The molecule has 1 aromatic carbocycles. The number of cyclic esters (lactones) is 2. The molecule has 3 rings (SSSR count). The number of hydrogen-bond donors (Lipinski definition) is 0. The molecule has 0 spiro atoms. The van der Waals surface area contributed by atoms with Crippen molar-refractivity contribution >= 4 is 29.1 Å². The molecule has 0 radical (unpaired) electrons. The lowest BCUT2D eigenvalue weighted by Gasteiger charge is -2.23. The lowest BCUT2D eigenvalue weighted by molar-refractivity contribution is -0.153. The zero-order chi connectivity index (χ0) is 12.7. The van der Waals surface area contributed by atoms with Gasteiger partial charge in [0.1, 0.15) is 0 Å². The number of ether oxygens (including phenoxy) is 1. The van der Waals surface area contributed by atoms with Gasteiger partial charge in [0.15, 0.2) is 0 Å². The summed E-state index contributed by atoms with van der Waals surface area (Å²) in [7, 11) is 0. The molecule has 2 atom stereocenters. The van der Waals surface area contributed by atoms with E-state index in [1.54, 1.807) is 0 Å². The SMILES string of the molecule is O=C1OC(=O)C2CC(c3ccccc3)=C(Cl)CC12. The maximum absolute atomic E-state index is 11.6. The van der Waals surface area contributed by atoms with E-state index in [9.17, 15) is 9.59 Å². The first-order chi connectivity index (χ1) is 8.66. The summed E-state index contributed by atoms with van der Waals surface area (Å²) in [6, 6.07) is 9.70. The summed E-state index contributed by atoms with van der Waals surface area (Å²) < 4.78 is 4.68. The van der Waals surface area contributed by atoms with Gasteiger partial charge in [-0.15, -0.1) is 0 Å². The quantitative estimate of drug-likeness (QED) is 0.577. The van der Waals surface area contributed by atoms with Crippen molar-refractivity contribution in [2.24, 2.45) is 11.8 Å². The highest BCUT2D eigenvalue weighted by Crippen LogP contribution is 2.44. The molecule has 0 N–H and O–H groups in total. The molecule has 0 amide bonds. The third kappa shape index (κ3) is 1.75. The summed E-state index contributed by atoms with van der Waals surface area (Å²) in [5.74, 6) is -1.61. The number of carbonyl (C=O) groups excluding carboxylic acids is 2. The van der Waals surface area contributed by atoms with Gasteiger partial charge in [-0.3, -0.25) is 9.59 Å². The van der Waals surface area contributed by atoms with Crippen LogP contribution >= 0.6 is 11.6 Å². The summed E-state index contributed by atoms with van der Waals surface area (Å²) in [6.07, 6.45) is 0.888. The number of allylic oxidation sites excluding steroid dienone is 2. The molecule has 0 aromatic heterocycles. The largest absolute Gasteiger partial charge is 0.393 e. The average molecular weight is 263 g/mol. The molecule has 1 fully saturated rings. The standard InChI is InChI=1S/C14H11ClO3/c15-12-7-11-10(13(16)18-14(11)17)6-9(12)8-4-2-1-3-5-8/h1-5,10-11H,6-7H2. The molecule has 4 heteroatoms. The van der Waals surface area contributed by atoms with Crippen LogP contribution in [-0.4, -0.2) is 11.9 Å². The number of rotatable bonds is 1. The predicted octanol–water partition coefficient (Wildman–Crippen LogP) is 2.75. The summed E-state index contributed by atoms with van der Waals surface area (Å²) in [5, 5.41) is 0.661. The average Bonchev–Trinajstić information content (AvgIpc) is 2.65. The first kappa shape index (κ1) is 11.5. The maximum atomic E-state index is 11.6. The maximum Gasteiger partial charge on any atom is 0.317 e. The van der Waals surface area contributed by atoms with Crippen molar-refractivity contribution in [3.63, 3.8) is 0 Å². The van der Waals surface area contributed by atoms with Crippen molar-refractivity contribution in [2.75, 3.05) is 0 Å². The molecule has 0 saturated carbocycles. The third-order valence-corrected chi connectivity index (χ3v) is 3.95. The van der Waals surface area contributed by atoms with Crippen LogP contribution in [0.25, 0.3) is 5.57 Å². The Morgan fingerprint density at radius 1 is 1.00 bits per heavy atom. The first-order valence-corrected chi connectivity index (χ1v) is 6.23. The number of halogens is 1. The Balaban J connectivity index is 1.98. The van der Waals surface area contributed by atoms with E-state index < -0.39 is 17.9 Å². The Hall–Kier alpha value is -1.61. The van der Waals surface area contributed by atoms with Crippen LogP contribution in [0.1, 0.15) is 18.4 Å². The van der Waals surface area contributed by atoms with E-state index >= 15 is 0 Å². The molecule has 1 heterocycles. The number of hydrogen-bond acceptors (Lipinski definition) is 3. The summed E-state index contributed by atoms with van der Waals surface area (Å²) in [6.45, 7) is 0. The fourth-order valence-electron chi connectivity index (χ4n) is 2.59. The third-order valence-electron chi connectivity index (χ3n) is 3.57. The first-order valence-electron chi connectivity index (χ1n) is 5.85. The number of fused-ring (bicyclic) bond motifs is 1. The predicted molar refractivity (Wildman–Crippen MR) is 66.5 cm³/mol. The Morgan fingerprint density at radius 2 is 1.61 bits per heavy atom. The van der Waals surface area contributed by atoms with Crippen molar-refractivity contribution in [2.45, 2.75) is 12.8 Å². The second-order valence-electron chi connectivity index (χ2n) is 4.61. The van der Waals surface area contributed by atoms with E-state index in [1.165, 1.54) is 0 Å². The van der Waals surface area contributed by atoms with Gasteiger partial charge in [0.25, 0.3) is 0 Å². The Morgan fingerprint density at radius 3 is 2.28 bits per heavy atom. The van der Waals surface area contributed by atoms with Crippen LogP contribution in [0.3, 0.4) is 0 Å². The highest BCUT2D eigenvalue weighted by Gasteiger charge is 2.47. The zero-order valence-electron chi connectivity index (χ0n) is 9.56. The lowest BCUT2D eigenvalue weighted by Crippen LogP contribution is -2.22. The van der Waals surface area contributed by atoms with Gasteiger partial charge in [-0.2, -0.15) is 0 Å². The molecule has 2 aliphatic rings. The van der Waals surface area contributed by atoms with Crippen LogP contribution in [-0.2, 0) is 14.3 Å². The van der Waals surface area contributed by atoms with Crippen molar-refractivity contribution in [3.8, 4) is 0 Å². The molecular formula is C14H11ClO3. The molecule has 1 aliphatic heterocycles. The molecule has 3 nitrogen and oxygen atoms in total. The second kappa shape index (κ2) is 4.25. The molecule has 1 aliphatic carbocycles. The monoisotopic (exact) mass is 262 g/mol. The summed E-state index contributed by atoms with van der Waals surface area (Å²) in [5.41, 5.74) is 1.96. The van der Waals surface area contributed by atoms with Gasteiger partial charge in [0.05, 0.1) is 11.8 Å². The fraction of sp³-hybridized carbons (Fsp3) is 0.286. The molecular weight excluding hydrogens is 252 g/mol. The summed E-state index contributed by atoms with van der Waals surface area (Å²) in [4.78, 5) is 23.1. The van der Waals surface area contributed by atoms with Crippen LogP contribution in [0, 0.1) is 11.8 Å². The van der Waals surface area contributed by atoms with Crippen LogP contribution in [0.2, 0.25) is 0 Å². The number of esters is 2. The number of carbonyl (C=O) groups is 2. The molecule has 1 aromatic rings. The van der Waals surface area contributed by atoms with Crippen molar-refractivity contribution in [1.29, 1.82) is 0 Å². The smallest absolute Gasteiger partial charge is 0.317 e. The van der Waals surface area contributed by atoms with Crippen LogP contribution in [0.5, 0.6) is 0 Å². The van der Waals surface area contributed by atoms with Crippen molar-refractivity contribution in [3.05, 3.63) is 40.9 Å². The van der Waals surface area contributed by atoms with Gasteiger partial charge in [-0.25, -0.2) is 0 Å². The van der Waals surface area contributed by atoms with Gasteiger partial charge in [0.2, 0.25) is 0 Å². The van der Waals surface area contributed by atoms with Gasteiger partial charge in [-0.05, 0) is 24.0 Å². The van der Waals surface area contributed by atoms with Crippen LogP contribution < -0.4 is 0 Å². The van der Waals surface area contributed by atoms with E-state index in [0.717, 1.165) is 11.1 Å². The van der Waals surface area contributed by atoms with E-state index in [4.69, 9.17) is 11.6 Å². The van der Waals surface area contributed by atoms with E-state index in [1.807, 2.05) is 30.3 Å². The summed E-state index contributed by atoms with van der Waals surface area (Å²) >= 11 is 6.26. The zero-order valence-corrected chi connectivity index (χ0v) is 10.3. The Kier molecular flexibility index (Phi) is 2.71. The molecule has 92 valence electrons. The molecule has 0 bridgehead atoms. The minimum absolute atomic E-state index is 0.366. The van der Waals surface area contributed by atoms with E-state index in [0.29, 0.717) is 17.9 Å². The van der Waals surface area contributed by atoms with Gasteiger partial charge < -0.3 is 4.74 Å². The van der Waals surface area contributed by atoms with E-state index in [-0.39, 0.29) is 5.92 Å². The lowest BCUT2D eigenvalue weighted by atomic mass is 9.79. The second-order valence-corrected chi connectivity index (χ2v) is 5.07. The van der Waals surface area contributed by atoms with Crippen molar-refractivity contribution in [1.82, 2.24) is 0 Å². The highest BCUT2D eigenvalue weighted by molar-refractivity contribution is 6.33. The van der Waals surface area contributed by atoms with Crippen LogP contribution in [0.4, 0.5) is 0 Å². The highest BCUT2D eigenvalue weighted by atomic mass is 35.5. The molecule has 18 heavy (non-hydrogen) atoms. The fourth-order valence-corrected chi connectivity index (χ4v) is 2.94. The minimum Gasteiger partial charge on any atom is -0.393 e. The Bertz CT molecular complexity index is 547.